The van der Waals surface area contributed by atoms with Crippen LogP contribution in [0.2, 0.25) is 0 Å². The molecule has 0 spiro atoms. The summed E-state index contributed by atoms with van der Waals surface area (Å²) < 4.78 is 5.72. The van der Waals surface area contributed by atoms with Crippen LogP contribution in [0.25, 0.3) is 11.1 Å². The topological polar surface area (TPSA) is 82.6 Å². The Labute approximate surface area is 158 Å². The highest BCUT2D eigenvalue weighted by Gasteiger charge is 2.41. The first-order valence-corrected chi connectivity index (χ1v) is 9.51. The van der Waals surface area contributed by atoms with Crippen molar-refractivity contribution in [2.45, 2.75) is 25.4 Å². The van der Waals surface area contributed by atoms with Gasteiger partial charge in [0.25, 0.3) is 5.91 Å². The fraction of sp³-hybridized carbons (Fsp3) is 0.429. The van der Waals surface area contributed by atoms with E-state index in [4.69, 9.17) is 4.74 Å². The second-order valence-corrected chi connectivity index (χ2v) is 7.35. The Morgan fingerprint density at radius 2 is 1.81 bits per heavy atom. The van der Waals surface area contributed by atoms with Gasteiger partial charge in [0, 0.05) is 37.7 Å². The molecule has 2 N–H and O–H groups in total. The van der Waals surface area contributed by atoms with Gasteiger partial charge in [-0.1, -0.05) is 30.3 Å². The summed E-state index contributed by atoms with van der Waals surface area (Å²) in [5.74, 6) is -0.949. The Morgan fingerprint density at radius 3 is 2.52 bits per heavy atom. The van der Waals surface area contributed by atoms with Crippen LogP contribution >= 0.6 is 0 Å². The van der Waals surface area contributed by atoms with Crippen molar-refractivity contribution in [2.75, 3.05) is 19.7 Å². The van der Waals surface area contributed by atoms with Crippen LogP contribution in [0.3, 0.4) is 0 Å². The molecule has 6 nitrogen and oxygen atoms in total. The van der Waals surface area contributed by atoms with E-state index in [9.17, 15) is 14.7 Å². The van der Waals surface area contributed by atoms with Crippen LogP contribution in [0.1, 0.15) is 29.6 Å². The van der Waals surface area contributed by atoms with E-state index in [-0.39, 0.29) is 17.9 Å². The molecule has 0 saturated carbocycles. The maximum absolute atomic E-state index is 13.0. The number of nitrogens with one attached hydrogen (secondary N) is 1. The number of nitrogens with zero attached hydrogens (tertiary/aromatic N) is 1. The van der Waals surface area contributed by atoms with Gasteiger partial charge in [-0.05, 0) is 30.7 Å². The Bertz CT molecular complexity index is 809. The highest BCUT2D eigenvalue weighted by atomic mass is 16.5. The van der Waals surface area contributed by atoms with E-state index in [1.54, 1.807) is 6.20 Å². The van der Waals surface area contributed by atoms with E-state index in [1.165, 1.54) is 0 Å². The van der Waals surface area contributed by atoms with Gasteiger partial charge in [-0.2, -0.15) is 0 Å². The third kappa shape index (κ3) is 3.49. The van der Waals surface area contributed by atoms with Crippen LogP contribution in [0.5, 0.6) is 0 Å². The van der Waals surface area contributed by atoms with E-state index in [1.807, 2.05) is 41.4 Å². The molecular formula is C21H24N2O4. The first kappa shape index (κ1) is 17.8. The Morgan fingerprint density at radius 1 is 1.07 bits per heavy atom. The van der Waals surface area contributed by atoms with Gasteiger partial charge in [-0.3, -0.25) is 9.59 Å². The van der Waals surface area contributed by atoms with E-state index in [0.717, 1.165) is 24.0 Å². The normalized spacial score (nSPS) is 23.5. The van der Waals surface area contributed by atoms with Crippen molar-refractivity contribution in [3.05, 3.63) is 48.3 Å². The first-order valence-electron chi connectivity index (χ1n) is 9.51. The quantitative estimate of drug-likeness (QED) is 0.869. The van der Waals surface area contributed by atoms with Gasteiger partial charge in [-0.15, -0.1) is 0 Å². The minimum absolute atomic E-state index is 0.0238. The zero-order chi connectivity index (χ0) is 18.8. The zero-order valence-electron chi connectivity index (χ0n) is 15.1. The highest BCUT2D eigenvalue weighted by molar-refractivity contribution is 6.00. The fourth-order valence-electron chi connectivity index (χ4n) is 4.34. The van der Waals surface area contributed by atoms with Crippen LogP contribution in [0.4, 0.5) is 0 Å². The van der Waals surface area contributed by atoms with E-state index in [2.05, 4.69) is 4.98 Å². The van der Waals surface area contributed by atoms with Gasteiger partial charge in [0.15, 0.2) is 0 Å². The molecule has 0 aliphatic carbocycles. The van der Waals surface area contributed by atoms with Crippen molar-refractivity contribution in [3.63, 3.8) is 0 Å². The molecule has 2 aliphatic rings. The number of carboxylic acids is 1. The van der Waals surface area contributed by atoms with Crippen molar-refractivity contribution in [1.82, 2.24) is 9.88 Å². The third-order valence-corrected chi connectivity index (χ3v) is 5.81. The largest absolute Gasteiger partial charge is 0.481 e. The average molecular weight is 368 g/mol. The van der Waals surface area contributed by atoms with Crippen LogP contribution in [-0.4, -0.2) is 52.7 Å². The summed E-state index contributed by atoms with van der Waals surface area (Å²) in [6.45, 7) is 1.79. The predicted molar refractivity (Wildman–Crippen MR) is 100 cm³/mol. The van der Waals surface area contributed by atoms with Crippen molar-refractivity contribution < 1.29 is 19.4 Å². The highest BCUT2D eigenvalue weighted by Crippen LogP contribution is 2.34. The molecule has 1 aromatic carbocycles. The van der Waals surface area contributed by atoms with Crippen molar-refractivity contribution >= 4 is 11.9 Å². The van der Waals surface area contributed by atoms with Gasteiger partial charge in [0.05, 0.1) is 17.6 Å². The third-order valence-electron chi connectivity index (χ3n) is 5.81. The van der Waals surface area contributed by atoms with Crippen LogP contribution in [0, 0.1) is 11.8 Å². The number of piperidine rings is 1. The molecule has 142 valence electrons. The minimum Gasteiger partial charge on any atom is -0.481 e. The Balaban J connectivity index is 1.43. The van der Waals surface area contributed by atoms with Crippen molar-refractivity contribution in [2.24, 2.45) is 11.8 Å². The lowest BCUT2D eigenvalue weighted by Gasteiger charge is -2.35. The standard InChI is InChI=1S/C21H24N2O4/c24-20(18-13-22-12-17(18)14-4-2-1-3-5-14)23-9-6-15(7-10-23)19-16(21(25)26)8-11-27-19/h1-5,12-13,15-16,19,22H,6-11H2,(H,25,26)/t16?,19-/m0/s1. The fourth-order valence-corrected chi connectivity index (χ4v) is 4.34. The minimum atomic E-state index is -0.768. The number of aliphatic carboxylic acids is 1. The molecule has 3 heterocycles. The number of hydrogen-bond acceptors (Lipinski definition) is 3. The summed E-state index contributed by atoms with van der Waals surface area (Å²) in [7, 11) is 0. The molecule has 2 fully saturated rings. The second-order valence-electron chi connectivity index (χ2n) is 7.35. The number of benzene rings is 1. The number of rotatable bonds is 4. The molecule has 1 aromatic heterocycles. The molecule has 2 aromatic rings. The van der Waals surface area contributed by atoms with E-state index in [0.29, 0.717) is 31.7 Å². The van der Waals surface area contributed by atoms with Gasteiger partial charge in [0.1, 0.15) is 0 Å². The van der Waals surface area contributed by atoms with Crippen LogP contribution in [0.15, 0.2) is 42.7 Å². The number of amides is 1. The number of carbonyl (C=O) groups excluding carboxylic acids is 1. The molecule has 0 radical (unpaired) electrons. The first-order chi connectivity index (χ1) is 13.1. The van der Waals surface area contributed by atoms with Crippen LogP contribution in [-0.2, 0) is 9.53 Å². The van der Waals surface area contributed by atoms with Gasteiger partial charge in [-0.25, -0.2) is 0 Å². The van der Waals surface area contributed by atoms with Crippen LogP contribution < -0.4 is 0 Å². The summed E-state index contributed by atoms with van der Waals surface area (Å²) >= 11 is 0. The summed E-state index contributed by atoms with van der Waals surface area (Å²) in [6, 6.07) is 9.87. The summed E-state index contributed by atoms with van der Waals surface area (Å²) in [4.78, 5) is 29.4. The number of ether oxygens (including phenoxy) is 1. The molecule has 0 bridgehead atoms. The second kappa shape index (κ2) is 7.56. The number of hydrogen-bond donors (Lipinski definition) is 2. The lowest BCUT2D eigenvalue weighted by molar-refractivity contribution is -0.145. The summed E-state index contributed by atoms with van der Waals surface area (Å²) in [5, 5.41) is 9.37. The number of aromatic nitrogens is 1. The Hall–Kier alpha value is -2.60. The lowest BCUT2D eigenvalue weighted by Crippen LogP contribution is -2.43. The number of likely N-dealkylation sites (tertiary alicyclic amines) is 1. The molecule has 2 aliphatic heterocycles. The van der Waals surface area contributed by atoms with E-state index < -0.39 is 11.9 Å². The zero-order valence-corrected chi connectivity index (χ0v) is 15.1. The van der Waals surface area contributed by atoms with Gasteiger partial charge >= 0.3 is 5.97 Å². The van der Waals surface area contributed by atoms with Crippen molar-refractivity contribution in [1.29, 1.82) is 0 Å². The maximum atomic E-state index is 13.0. The van der Waals surface area contributed by atoms with Gasteiger partial charge in [0.2, 0.25) is 0 Å². The Kier molecular flexibility index (Phi) is 4.99. The predicted octanol–water partition coefficient (Wildman–Crippen LogP) is 3.02. The number of aromatic amines is 1. The number of H-pyrrole nitrogens is 1. The smallest absolute Gasteiger partial charge is 0.309 e. The lowest BCUT2D eigenvalue weighted by atomic mass is 9.84. The monoisotopic (exact) mass is 368 g/mol. The molecular weight excluding hydrogens is 344 g/mol. The molecule has 2 saturated heterocycles. The molecule has 1 unspecified atom stereocenters. The number of carbonyl (C=O) groups is 2. The average Bonchev–Trinajstić information content (AvgIpc) is 3.38. The van der Waals surface area contributed by atoms with E-state index >= 15 is 0 Å². The summed E-state index contributed by atoms with van der Waals surface area (Å²) in [5.41, 5.74) is 2.61. The summed E-state index contributed by atoms with van der Waals surface area (Å²) in [6.07, 6.45) is 5.56. The molecule has 4 rings (SSSR count). The van der Waals surface area contributed by atoms with Crippen molar-refractivity contribution in [3.8, 4) is 11.1 Å². The molecule has 1 amide bonds. The molecule has 2 atom stereocenters. The van der Waals surface area contributed by atoms with Gasteiger partial charge < -0.3 is 19.7 Å². The molecule has 27 heavy (non-hydrogen) atoms. The number of carboxylic acid groups (broad SMARTS) is 1. The SMILES string of the molecule is O=C(O)C1CCO[C@H]1C1CCN(C(=O)c2c[nH]cc2-c2ccccc2)CC1. The molecule has 6 heteroatoms. The maximum Gasteiger partial charge on any atom is 0.309 e.